The molecule has 0 fully saturated rings. The van der Waals surface area contributed by atoms with Gasteiger partial charge in [0.1, 0.15) is 5.82 Å². The van der Waals surface area contributed by atoms with Gasteiger partial charge in [-0.25, -0.2) is 9.78 Å². The highest BCUT2D eigenvalue weighted by atomic mass is 16.2. The van der Waals surface area contributed by atoms with Crippen LogP contribution in [-0.2, 0) is 6.42 Å². The van der Waals surface area contributed by atoms with Crippen LogP contribution in [0.5, 0.6) is 0 Å². The Morgan fingerprint density at radius 3 is 2.51 bits per heavy atom. The number of hydrogen-bond donors (Lipinski definition) is 1. The van der Waals surface area contributed by atoms with E-state index in [1.807, 2.05) is 49.4 Å². The second kappa shape index (κ2) is 10.2. The van der Waals surface area contributed by atoms with Crippen molar-refractivity contribution in [2.75, 3.05) is 12.4 Å². The number of benzene rings is 3. The third-order valence-corrected chi connectivity index (χ3v) is 6.12. The summed E-state index contributed by atoms with van der Waals surface area (Å²) in [5.74, 6) is 0.490. The highest BCUT2D eigenvalue weighted by molar-refractivity contribution is 5.89. The molecule has 35 heavy (non-hydrogen) atoms. The summed E-state index contributed by atoms with van der Waals surface area (Å²) >= 11 is 0. The van der Waals surface area contributed by atoms with Gasteiger partial charge in [-0.3, -0.25) is 9.36 Å². The molecule has 0 aliphatic heterocycles. The molecule has 7 nitrogen and oxygen atoms in total. The number of nitrogens with zero attached hydrogens (tertiary/aromatic N) is 4. The van der Waals surface area contributed by atoms with E-state index in [1.165, 1.54) is 5.56 Å². The first-order valence-electron chi connectivity index (χ1n) is 11.6. The van der Waals surface area contributed by atoms with Crippen molar-refractivity contribution < 1.29 is 4.79 Å². The number of anilines is 1. The van der Waals surface area contributed by atoms with Crippen molar-refractivity contribution in [2.24, 2.45) is 0 Å². The van der Waals surface area contributed by atoms with Gasteiger partial charge < -0.3 is 10.2 Å². The van der Waals surface area contributed by atoms with Gasteiger partial charge in [-0.05, 0) is 60.9 Å². The number of rotatable bonds is 6. The van der Waals surface area contributed by atoms with Crippen LogP contribution in [0, 0.1) is 11.3 Å². The van der Waals surface area contributed by atoms with Gasteiger partial charge >= 0.3 is 6.03 Å². The van der Waals surface area contributed by atoms with E-state index in [1.54, 1.807) is 46.8 Å². The third-order valence-electron chi connectivity index (χ3n) is 6.12. The quantitative estimate of drug-likeness (QED) is 0.411. The van der Waals surface area contributed by atoms with Crippen molar-refractivity contribution in [3.63, 3.8) is 0 Å². The second-order valence-corrected chi connectivity index (χ2v) is 8.31. The molecule has 7 heteroatoms. The van der Waals surface area contributed by atoms with Crippen LogP contribution in [0.15, 0.2) is 77.6 Å². The number of carbonyl (C=O) groups is 1. The van der Waals surface area contributed by atoms with Crippen LogP contribution in [0.1, 0.15) is 43.3 Å². The standard InChI is InChI=1S/C28H27N5O2/c1-4-19-13-15-22(16-14-19)33-26(31-24-12-7-6-11-23(24)27(33)34)25(5-2)32(3)28(35)30-21-10-8-9-20(17-21)18-29/h6-17,25H,4-5H2,1-3H3,(H,30,35). The van der Waals surface area contributed by atoms with Gasteiger partial charge in [0.05, 0.1) is 34.3 Å². The van der Waals surface area contributed by atoms with E-state index in [-0.39, 0.29) is 11.6 Å². The van der Waals surface area contributed by atoms with Crippen LogP contribution >= 0.6 is 0 Å². The van der Waals surface area contributed by atoms with Gasteiger partial charge in [0.25, 0.3) is 5.56 Å². The third kappa shape index (κ3) is 4.78. The summed E-state index contributed by atoms with van der Waals surface area (Å²) in [6, 6.07) is 23.1. The van der Waals surface area contributed by atoms with Gasteiger partial charge in [-0.15, -0.1) is 0 Å². The van der Waals surface area contributed by atoms with Gasteiger partial charge in [0.15, 0.2) is 0 Å². The minimum atomic E-state index is -0.475. The number of hydrogen-bond acceptors (Lipinski definition) is 4. The van der Waals surface area contributed by atoms with Crippen molar-refractivity contribution >= 4 is 22.6 Å². The van der Waals surface area contributed by atoms with Crippen LogP contribution < -0.4 is 10.9 Å². The van der Waals surface area contributed by atoms with Crippen molar-refractivity contribution in [3.05, 3.63) is 100 Å². The molecule has 0 saturated heterocycles. The smallest absolute Gasteiger partial charge is 0.317 e. The van der Waals surface area contributed by atoms with E-state index in [4.69, 9.17) is 10.2 Å². The fourth-order valence-electron chi connectivity index (χ4n) is 4.15. The first-order valence-corrected chi connectivity index (χ1v) is 11.6. The molecule has 0 aliphatic carbocycles. The minimum absolute atomic E-state index is 0.177. The summed E-state index contributed by atoms with van der Waals surface area (Å²) in [5, 5.41) is 12.5. The van der Waals surface area contributed by atoms with E-state index in [0.29, 0.717) is 40.1 Å². The van der Waals surface area contributed by atoms with Gasteiger partial charge in [0, 0.05) is 12.7 Å². The Labute approximate surface area is 204 Å². The highest BCUT2D eigenvalue weighted by Crippen LogP contribution is 2.26. The first kappa shape index (κ1) is 23.7. The Bertz CT molecular complexity index is 1470. The molecule has 0 spiro atoms. The lowest BCUT2D eigenvalue weighted by molar-refractivity contribution is 0.199. The molecule has 3 aromatic carbocycles. The fourth-order valence-corrected chi connectivity index (χ4v) is 4.15. The van der Waals surface area contributed by atoms with E-state index in [9.17, 15) is 9.59 Å². The number of nitriles is 1. The molecule has 176 valence electrons. The lowest BCUT2D eigenvalue weighted by Crippen LogP contribution is -2.38. The second-order valence-electron chi connectivity index (χ2n) is 8.31. The Morgan fingerprint density at radius 2 is 1.83 bits per heavy atom. The number of aromatic nitrogens is 2. The van der Waals surface area contributed by atoms with Gasteiger partial charge in [-0.1, -0.05) is 44.2 Å². The Balaban J connectivity index is 1.80. The molecule has 4 rings (SSSR count). The Kier molecular flexibility index (Phi) is 6.93. The summed E-state index contributed by atoms with van der Waals surface area (Å²) in [6.45, 7) is 4.04. The number of aryl methyl sites for hydroxylation is 1. The number of carbonyl (C=O) groups excluding carboxylic acids is 1. The monoisotopic (exact) mass is 465 g/mol. The van der Waals surface area contributed by atoms with Crippen LogP contribution in [0.25, 0.3) is 16.6 Å². The van der Waals surface area contributed by atoms with E-state index >= 15 is 0 Å². The van der Waals surface area contributed by atoms with Crippen molar-refractivity contribution in [1.82, 2.24) is 14.5 Å². The maximum atomic E-state index is 13.7. The lowest BCUT2D eigenvalue weighted by Gasteiger charge is -2.29. The zero-order chi connectivity index (χ0) is 24.9. The van der Waals surface area contributed by atoms with Crippen LogP contribution in [0.2, 0.25) is 0 Å². The highest BCUT2D eigenvalue weighted by Gasteiger charge is 2.26. The summed E-state index contributed by atoms with van der Waals surface area (Å²) < 4.78 is 1.61. The largest absolute Gasteiger partial charge is 0.322 e. The van der Waals surface area contributed by atoms with Crippen molar-refractivity contribution in [1.29, 1.82) is 5.26 Å². The maximum Gasteiger partial charge on any atom is 0.322 e. The fraction of sp³-hybridized carbons (Fsp3) is 0.214. The molecule has 0 bridgehead atoms. The molecular formula is C28H27N5O2. The summed E-state index contributed by atoms with van der Waals surface area (Å²) in [4.78, 5) is 33.2. The molecule has 1 atom stereocenters. The molecule has 0 aliphatic rings. The molecule has 0 radical (unpaired) electrons. The predicted octanol–water partition coefficient (Wildman–Crippen LogP) is 5.43. The molecule has 0 saturated carbocycles. The van der Waals surface area contributed by atoms with E-state index in [0.717, 1.165) is 6.42 Å². The zero-order valence-corrected chi connectivity index (χ0v) is 20.0. The molecule has 1 N–H and O–H groups in total. The lowest BCUT2D eigenvalue weighted by atomic mass is 10.1. The molecule has 1 unspecified atom stereocenters. The summed E-state index contributed by atoms with van der Waals surface area (Å²) in [5.41, 5.74) is 3.26. The molecular weight excluding hydrogens is 438 g/mol. The minimum Gasteiger partial charge on any atom is -0.317 e. The molecule has 1 heterocycles. The summed E-state index contributed by atoms with van der Waals surface area (Å²) in [7, 11) is 1.68. The van der Waals surface area contributed by atoms with Crippen LogP contribution in [-0.4, -0.2) is 27.5 Å². The average molecular weight is 466 g/mol. The number of urea groups is 1. The first-order chi connectivity index (χ1) is 17.0. The predicted molar refractivity (Wildman–Crippen MR) is 138 cm³/mol. The molecule has 2 amide bonds. The number of nitrogens with one attached hydrogen (secondary N) is 1. The van der Waals surface area contributed by atoms with Crippen LogP contribution in [0.4, 0.5) is 10.5 Å². The van der Waals surface area contributed by atoms with Crippen molar-refractivity contribution in [3.8, 4) is 11.8 Å². The number of amides is 2. The molecule has 1 aromatic heterocycles. The maximum absolute atomic E-state index is 13.7. The van der Waals surface area contributed by atoms with Gasteiger partial charge in [-0.2, -0.15) is 5.26 Å². The number of para-hydroxylation sites is 1. The average Bonchev–Trinajstić information content (AvgIpc) is 2.89. The normalized spacial score (nSPS) is 11.6. The van der Waals surface area contributed by atoms with Gasteiger partial charge in [0.2, 0.25) is 0 Å². The Hall–Kier alpha value is -4.44. The topological polar surface area (TPSA) is 91.0 Å². The van der Waals surface area contributed by atoms with E-state index < -0.39 is 6.04 Å². The van der Waals surface area contributed by atoms with E-state index in [2.05, 4.69) is 18.3 Å². The molecule has 4 aromatic rings. The number of fused-ring (bicyclic) bond motifs is 1. The van der Waals surface area contributed by atoms with Crippen molar-refractivity contribution in [2.45, 2.75) is 32.7 Å². The Morgan fingerprint density at radius 1 is 1.09 bits per heavy atom. The zero-order valence-electron chi connectivity index (χ0n) is 20.0. The summed E-state index contributed by atoms with van der Waals surface area (Å²) in [6.07, 6.45) is 1.44. The van der Waals surface area contributed by atoms with Crippen LogP contribution in [0.3, 0.4) is 0 Å². The SMILES string of the molecule is CCc1ccc(-n2c(C(CC)N(C)C(=O)Nc3cccc(C#N)c3)nc3ccccc3c2=O)cc1.